The highest BCUT2D eigenvalue weighted by molar-refractivity contribution is 5.97. The second-order valence-electron chi connectivity index (χ2n) is 6.15. The molecule has 27 heavy (non-hydrogen) atoms. The molecule has 0 unspecified atom stereocenters. The van der Waals surface area contributed by atoms with Crippen LogP contribution in [-0.2, 0) is 11.3 Å². The van der Waals surface area contributed by atoms with Gasteiger partial charge in [0.25, 0.3) is 5.91 Å². The van der Waals surface area contributed by atoms with E-state index in [0.29, 0.717) is 6.54 Å². The summed E-state index contributed by atoms with van der Waals surface area (Å²) in [6.07, 6.45) is 1.46. The van der Waals surface area contributed by atoms with Crippen LogP contribution >= 0.6 is 0 Å². The molecule has 2 rings (SSSR count). The van der Waals surface area contributed by atoms with Crippen LogP contribution in [0, 0.1) is 18.3 Å². The molecule has 1 amide bonds. The molecule has 2 aromatic carbocycles. The SMILES string of the molecule is CCN(CC)c1ccc(N/C=C(/C#N)C(=O)NCc2ccccc2)c(C)c1. The monoisotopic (exact) mass is 362 g/mol. The van der Waals surface area contributed by atoms with Gasteiger partial charge in [0, 0.05) is 37.2 Å². The summed E-state index contributed by atoms with van der Waals surface area (Å²) in [5.74, 6) is -0.397. The molecule has 0 bridgehead atoms. The van der Waals surface area contributed by atoms with E-state index in [1.54, 1.807) is 0 Å². The van der Waals surface area contributed by atoms with Crippen LogP contribution in [0.25, 0.3) is 0 Å². The van der Waals surface area contributed by atoms with E-state index in [9.17, 15) is 10.1 Å². The van der Waals surface area contributed by atoms with E-state index in [1.807, 2.05) is 55.5 Å². The highest BCUT2D eigenvalue weighted by Gasteiger charge is 2.09. The van der Waals surface area contributed by atoms with Crippen molar-refractivity contribution in [3.8, 4) is 6.07 Å². The van der Waals surface area contributed by atoms with Crippen LogP contribution in [0.15, 0.2) is 60.3 Å². The largest absolute Gasteiger partial charge is 0.372 e. The van der Waals surface area contributed by atoms with Crippen LogP contribution in [0.5, 0.6) is 0 Å². The van der Waals surface area contributed by atoms with Gasteiger partial charge in [-0.3, -0.25) is 4.79 Å². The van der Waals surface area contributed by atoms with Crippen molar-refractivity contribution < 1.29 is 4.79 Å². The molecule has 0 aliphatic heterocycles. The maximum absolute atomic E-state index is 12.2. The van der Waals surface area contributed by atoms with E-state index in [-0.39, 0.29) is 5.57 Å². The molecule has 140 valence electrons. The summed E-state index contributed by atoms with van der Waals surface area (Å²) in [6.45, 7) is 8.54. The van der Waals surface area contributed by atoms with Gasteiger partial charge in [-0.25, -0.2) is 0 Å². The van der Waals surface area contributed by atoms with Crippen molar-refractivity contribution in [2.24, 2.45) is 0 Å². The molecular formula is C22H26N4O. The first kappa shape index (κ1) is 20.1. The molecule has 0 aromatic heterocycles. The molecule has 0 saturated heterocycles. The highest BCUT2D eigenvalue weighted by atomic mass is 16.1. The summed E-state index contributed by atoms with van der Waals surface area (Å²) < 4.78 is 0. The van der Waals surface area contributed by atoms with Crippen molar-refractivity contribution in [2.45, 2.75) is 27.3 Å². The number of aryl methyl sites for hydroxylation is 1. The molecule has 2 N–H and O–H groups in total. The van der Waals surface area contributed by atoms with Gasteiger partial charge >= 0.3 is 0 Å². The number of hydrogen-bond donors (Lipinski definition) is 2. The van der Waals surface area contributed by atoms with Gasteiger partial charge in [-0.1, -0.05) is 30.3 Å². The number of anilines is 2. The van der Waals surface area contributed by atoms with Crippen LogP contribution in [0.1, 0.15) is 25.0 Å². The average Bonchev–Trinajstić information content (AvgIpc) is 2.70. The Kier molecular flexibility index (Phi) is 7.45. The zero-order valence-corrected chi connectivity index (χ0v) is 16.1. The van der Waals surface area contributed by atoms with E-state index in [2.05, 4.69) is 35.4 Å². The molecule has 0 spiro atoms. The summed E-state index contributed by atoms with van der Waals surface area (Å²) in [7, 11) is 0. The maximum atomic E-state index is 12.2. The molecule has 0 aliphatic carbocycles. The lowest BCUT2D eigenvalue weighted by Gasteiger charge is -2.22. The van der Waals surface area contributed by atoms with Crippen LogP contribution in [0.2, 0.25) is 0 Å². The number of benzene rings is 2. The second-order valence-corrected chi connectivity index (χ2v) is 6.15. The Hall–Kier alpha value is -3.26. The standard InChI is InChI=1S/C22H26N4O/c1-4-26(5-2)20-11-12-21(17(3)13-20)24-16-19(14-23)22(27)25-15-18-9-7-6-8-10-18/h6-13,16,24H,4-5,15H2,1-3H3,(H,25,27)/b19-16-. The van der Waals surface area contributed by atoms with Gasteiger partial charge in [0.05, 0.1) is 0 Å². The summed E-state index contributed by atoms with van der Waals surface area (Å²) in [4.78, 5) is 14.5. The van der Waals surface area contributed by atoms with Crippen molar-refractivity contribution >= 4 is 17.3 Å². The molecule has 0 heterocycles. The first-order valence-corrected chi connectivity index (χ1v) is 9.13. The quantitative estimate of drug-likeness (QED) is 0.551. The molecular weight excluding hydrogens is 336 g/mol. The normalized spacial score (nSPS) is 10.8. The van der Waals surface area contributed by atoms with Crippen LogP contribution in [0.3, 0.4) is 0 Å². The van der Waals surface area contributed by atoms with Crippen LogP contribution < -0.4 is 15.5 Å². The number of carbonyl (C=O) groups is 1. The van der Waals surface area contributed by atoms with Gasteiger partial charge in [0.1, 0.15) is 11.6 Å². The van der Waals surface area contributed by atoms with E-state index < -0.39 is 5.91 Å². The average molecular weight is 362 g/mol. The number of rotatable bonds is 8. The predicted octanol–water partition coefficient (Wildman–Crippen LogP) is 3.98. The van der Waals surface area contributed by atoms with Crippen molar-refractivity contribution in [3.05, 3.63) is 71.4 Å². The third-order valence-corrected chi connectivity index (χ3v) is 4.37. The first-order chi connectivity index (χ1) is 13.1. The van der Waals surface area contributed by atoms with Crippen LogP contribution in [0.4, 0.5) is 11.4 Å². The molecule has 0 aliphatic rings. The lowest BCUT2D eigenvalue weighted by Crippen LogP contribution is -2.24. The smallest absolute Gasteiger partial charge is 0.263 e. The summed E-state index contributed by atoms with van der Waals surface area (Å²) in [5, 5.41) is 15.1. The van der Waals surface area contributed by atoms with E-state index >= 15 is 0 Å². The lowest BCUT2D eigenvalue weighted by atomic mass is 10.1. The fourth-order valence-corrected chi connectivity index (χ4v) is 2.77. The minimum Gasteiger partial charge on any atom is -0.372 e. The molecule has 0 fully saturated rings. The van der Waals surface area contributed by atoms with Crippen molar-refractivity contribution in [2.75, 3.05) is 23.3 Å². The van der Waals surface area contributed by atoms with Gasteiger partial charge < -0.3 is 15.5 Å². The van der Waals surface area contributed by atoms with Gasteiger partial charge in [-0.15, -0.1) is 0 Å². The van der Waals surface area contributed by atoms with Gasteiger partial charge in [-0.2, -0.15) is 5.26 Å². The van der Waals surface area contributed by atoms with E-state index in [0.717, 1.165) is 35.6 Å². The predicted molar refractivity (Wildman–Crippen MR) is 110 cm³/mol. The third kappa shape index (κ3) is 5.61. The first-order valence-electron chi connectivity index (χ1n) is 9.13. The fourth-order valence-electron chi connectivity index (χ4n) is 2.77. The Morgan fingerprint density at radius 3 is 2.44 bits per heavy atom. The summed E-state index contributed by atoms with van der Waals surface area (Å²) in [6, 6.07) is 17.7. The zero-order chi connectivity index (χ0) is 19.6. The third-order valence-electron chi connectivity index (χ3n) is 4.37. The molecule has 5 heteroatoms. The van der Waals surface area contributed by atoms with E-state index in [1.165, 1.54) is 6.20 Å². The number of nitriles is 1. The van der Waals surface area contributed by atoms with Crippen molar-refractivity contribution in [3.63, 3.8) is 0 Å². The second kappa shape index (κ2) is 10.0. The van der Waals surface area contributed by atoms with Crippen LogP contribution in [-0.4, -0.2) is 19.0 Å². The lowest BCUT2D eigenvalue weighted by molar-refractivity contribution is -0.117. The summed E-state index contributed by atoms with van der Waals surface area (Å²) >= 11 is 0. The molecule has 2 aromatic rings. The zero-order valence-electron chi connectivity index (χ0n) is 16.1. The molecule has 0 atom stereocenters. The topological polar surface area (TPSA) is 68.2 Å². The Labute approximate surface area is 161 Å². The van der Waals surface area contributed by atoms with Gasteiger partial charge in [0.15, 0.2) is 0 Å². The molecule has 0 saturated carbocycles. The summed E-state index contributed by atoms with van der Waals surface area (Å²) in [5.41, 5.74) is 4.11. The number of nitrogens with zero attached hydrogens (tertiary/aromatic N) is 2. The number of hydrogen-bond acceptors (Lipinski definition) is 4. The number of amides is 1. The number of carbonyl (C=O) groups excluding carboxylic acids is 1. The molecule has 0 radical (unpaired) electrons. The minimum absolute atomic E-state index is 0.0400. The Morgan fingerprint density at radius 1 is 1.15 bits per heavy atom. The van der Waals surface area contributed by atoms with Crippen molar-refractivity contribution in [1.29, 1.82) is 5.26 Å². The maximum Gasteiger partial charge on any atom is 0.263 e. The van der Waals surface area contributed by atoms with Crippen molar-refractivity contribution in [1.82, 2.24) is 5.32 Å². The van der Waals surface area contributed by atoms with Gasteiger partial charge in [0.2, 0.25) is 0 Å². The Morgan fingerprint density at radius 2 is 1.85 bits per heavy atom. The molecule has 5 nitrogen and oxygen atoms in total. The minimum atomic E-state index is -0.397. The fraction of sp³-hybridized carbons (Fsp3) is 0.273. The van der Waals surface area contributed by atoms with E-state index in [4.69, 9.17) is 0 Å². The highest BCUT2D eigenvalue weighted by Crippen LogP contribution is 2.22. The Balaban J connectivity index is 2.03. The number of nitrogens with one attached hydrogen (secondary N) is 2. The van der Waals surface area contributed by atoms with Gasteiger partial charge in [-0.05, 0) is 50.1 Å². The Bertz CT molecular complexity index is 833.